The van der Waals surface area contributed by atoms with Crippen molar-refractivity contribution in [3.63, 3.8) is 0 Å². The average molecular weight is 855 g/mol. The number of nitrogens with two attached hydrogens (primary N) is 2. The number of aryl methyl sites for hydroxylation is 4. The highest BCUT2D eigenvalue weighted by Crippen LogP contribution is 2.24. The van der Waals surface area contributed by atoms with E-state index in [9.17, 15) is 0 Å². The monoisotopic (exact) mass is 855 g/mol. The quantitative estimate of drug-likeness (QED) is 0.0349. The predicted octanol–water partition coefficient (Wildman–Crippen LogP) is 18.3. The Labute approximate surface area is 389 Å². The fraction of sp³-hybridized carbons (Fsp3) is 0.607. The number of nitrogen functional groups attached to an aromatic ring is 2. The van der Waals surface area contributed by atoms with Crippen molar-refractivity contribution in [2.75, 3.05) is 11.5 Å². The summed E-state index contributed by atoms with van der Waals surface area (Å²) in [5.74, 6) is 0. The van der Waals surface area contributed by atoms with Gasteiger partial charge in [-0.2, -0.15) is 0 Å². The summed E-state index contributed by atoms with van der Waals surface area (Å²) in [6.45, 7) is 4.58. The third-order valence-electron chi connectivity index (χ3n) is 13.8. The number of hydrogen-bond acceptors (Lipinski definition) is 2. The molecule has 0 aliphatic carbocycles. The van der Waals surface area contributed by atoms with Crippen LogP contribution in [0.4, 0.5) is 11.4 Å². The highest BCUT2D eigenvalue weighted by atomic mass is 14.5. The van der Waals surface area contributed by atoms with E-state index in [2.05, 4.69) is 98.8 Å². The van der Waals surface area contributed by atoms with Gasteiger partial charge in [0.1, 0.15) is 0 Å². The summed E-state index contributed by atoms with van der Waals surface area (Å²) in [5.41, 5.74) is 25.8. The molecule has 0 bridgehead atoms. The van der Waals surface area contributed by atoms with Crippen molar-refractivity contribution < 1.29 is 0 Å². The normalized spacial score (nSPS) is 11.5. The van der Waals surface area contributed by atoms with Crippen LogP contribution in [0.5, 0.6) is 0 Å². The minimum Gasteiger partial charge on any atom is -0.399 e. The van der Waals surface area contributed by atoms with E-state index in [1.54, 1.807) is 0 Å². The highest BCUT2D eigenvalue weighted by molar-refractivity contribution is 5.47. The molecule has 0 aromatic heterocycles. The Kier molecular flexibility index (Phi) is 28.1. The largest absolute Gasteiger partial charge is 0.399 e. The molecule has 0 radical (unpaired) electrons. The predicted molar refractivity (Wildman–Crippen MR) is 280 cm³/mol. The van der Waals surface area contributed by atoms with Gasteiger partial charge >= 0.3 is 0 Å². The maximum atomic E-state index is 6.18. The molecule has 0 saturated carbocycles. The smallest absolute Gasteiger partial charge is 0.0316 e. The molecule has 63 heavy (non-hydrogen) atoms. The second-order valence-corrected chi connectivity index (χ2v) is 19.6. The van der Waals surface area contributed by atoms with Crippen LogP contribution in [0.1, 0.15) is 245 Å². The van der Waals surface area contributed by atoms with Gasteiger partial charge in [0.25, 0.3) is 0 Å². The lowest BCUT2D eigenvalue weighted by molar-refractivity contribution is 0.525. The first-order chi connectivity index (χ1) is 31.0. The topological polar surface area (TPSA) is 52.0 Å². The number of anilines is 2. The van der Waals surface area contributed by atoms with Gasteiger partial charge in [-0.25, -0.2) is 0 Å². The first-order valence-corrected chi connectivity index (χ1v) is 26.9. The summed E-state index contributed by atoms with van der Waals surface area (Å²) in [6.07, 6.45) is 46.7. The van der Waals surface area contributed by atoms with Gasteiger partial charge in [-0.1, -0.05) is 235 Å². The summed E-state index contributed by atoms with van der Waals surface area (Å²) in [7, 11) is 0. The first kappa shape index (κ1) is 52.1. The van der Waals surface area contributed by atoms with E-state index in [0.717, 1.165) is 37.1 Å². The summed E-state index contributed by atoms with van der Waals surface area (Å²) >= 11 is 0. The van der Waals surface area contributed by atoms with Gasteiger partial charge in [-0.05, 0) is 133 Å². The summed E-state index contributed by atoms with van der Waals surface area (Å²) in [5, 5.41) is 0. The van der Waals surface area contributed by atoms with Gasteiger partial charge in [-0.3, -0.25) is 0 Å². The molecule has 4 N–H and O–H groups in total. The van der Waals surface area contributed by atoms with Crippen LogP contribution in [0.2, 0.25) is 0 Å². The van der Waals surface area contributed by atoms with Crippen LogP contribution < -0.4 is 11.5 Å². The molecule has 4 aromatic rings. The molecular formula is C61H94N2. The molecule has 2 nitrogen and oxygen atoms in total. The molecule has 0 aliphatic rings. The fourth-order valence-electron chi connectivity index (χ4n) is 9.69. The molecule has 0 unspecified atom stereocenters. The summed E-state index contributed by atoms with van der Waals surface area (Å²) < 4.78 is 0. The van der Waals surface area contributed by atoms with Gasteiger partial charge in [0.05, 0.1) is 0 Å². The molecule has 0 spiro atoms. The fourth-order valence-corrected chi connectivity index (χ4v) is 9.69. The van der Waals surface area contributed by atoms with Gasteiger partial charge in [0, 0.05) is 11.4 Å². The molecule has 4 aromatic carbocycles. The van der Waals surface area contributed by atoms with Crippen LogP contribution in [0.15, 0.2) is 84.9 Å². The van der Waals surface area contributed by atoms with E-state index in [-0.39, 0.29) is 0 Å². The molecule has 0 amide bonds. The van der Waals surface area contributed by atoms with E-state index >= 15 is 0 Å². The van der Waals surface area contributed by atoms with Crippen molar-refractivity contribution in [1.29, 1.82) is 0 Å². The third kappa shape index (κ3) is 23.8. The lowest BCUT2D eigenvalue weighted by Gasteiger charge is -2.12. The molecule has 2 heteroatoms. The minimum atomic E-state index is 0.900. The Morgan fingerprint density at radius 2 is 0.508 bits per heavy atom. The second-order valence-electron chi connectivity index (χ2n) is 19.6. The lowest BCUT2D eigenvalue weighted by Crippen LogP contribution is -1.99. The maximum Gasteiger partial charge on any atom is 0.0316 e. The molecule has 0 heterocycles. The molecular weight excluding hydrogens is 761 g/mol. The number of unbranched alkanes of at least 4 members (excludes halogenated alkanes) is 26. The van der Waals surface area contributed by atoms with Crippen LogP contribution in [0.3, 0.4) is 0 Å². The van der Waals surface area contributed by atoms with Crippen LogP contribution in [0.25, 0.3) is 0 Å². The molecule has 0 fully saturated rings. The van der Waals surface area contributed by atoms with Crippen molar-refractivity contribution in [3.8, 4) is 0 Å². The van der Waals surface area contributed by atoms with Crippen LogP contribution >= 0.6 is 0 Å². The van der Waals surface area contributed by atoms with Gasteiger partial charge in [0.2, 0.25) is 0 Å². The Morgan fingerprint density at radius 1 is 0.254 bits per heavy atom. The zero-order chi connectivity index (χ0) is 44.4. The highest BCUT2D eigenvalue weighted by Gasteiger charge is 2.08. The minimum absolute atomic E-state index is 0.900. The number of rotatable bonds is 38. The third-order valence-corrected chi connectivity index (χ3v) is 13.8. The Bertz CT molecular complexity index is 1580. The van der Waals surface area contributed by atoms with E-state index in [0.29, 0.717) is 0 Å². The summed E-state index contributed by atoms with van der Waals surface area (Å²) in [4.78, 5) is 0. The standard InChI is InChI=1S/C61H94N2/c1-3-5-7-9-26-30-34-56-50-60(62)46-44-58(56)48-54-40-36-52(37-41-54)32-28-24-22-20-18-16-14-12-11-13-15-17-19-21-23-25-29-33-53-38-42-55(43-39-53)49-59-45-47-61(63)51-57(59)35-31-27-10-8-6-4-2/h36-47,50-51H,3-35,48-49,62-63H2,1-2H3. The van der Waals surface area contributed by atoms with Gasteiger partial charge in [-0.15, -0.1) is 0 Å². The Morgan fingerprint density at radius 3 is 0.810 bits per heavy atom. The molecule has 0 aliphatic heterocycles. The zero-order valence-electron chi connectivity index (χ0n) is 41.0. The Balaban J connectivity index is 0.916. The SMILES string of the molecule is CCCCCCCCc1cc(N)ccc1Cc1ccc(CCCCCCCCCCCCCCCCCCCc2ccc(Cc3ccc(N)cc3CCCCCCCC)cc2)cc1. The van der Waals surface area contributed by atoms with Crippen molar-refractivity contribution in [2.24, 2.45) is 0 Å². The number of hydrogen-bond donors (Lipinski definition) is 2. The van der Waals surface area contributed by atoms with Crippen molar-refractivity contribution in [1.82, 2.24) is 0 Å². The maximum absolute atomic E-state index is 6.18. The van der Waals surface area contributed by atoms with Crippen LogP contribution in [0, 0.1) is 0 Å². The van der Waals surface area contributed by atoms with Crippen molar-refractivity contribution in [2.45, 2.75) is 239 Å². The molecule has 0 atom stereocenters. The first-order valence-electron chi connectivity index (χ1n) is 26.9. The van der Waals surface area contributed by atoms with E-state index in [1.165, 1.54) is 244 Å². The van der Waals surface area contributed by atoms with Gasteiger partial charge < -0.3 is 11.5 Å². The lowest BCUT2D eigenvalue weighted by atomic mass is 9.94. The van der Waals surface area contributed by atoms with E-state index < -0.39 is 0 Å². The Hall–Kier alpha value is -3.52. The van der Waals surface area contributed by atoms with Crippen LogP contribution in [-0.4, -0.2) is 0 Å². The van der Waals surface area contributed by atoms with E-state index in [4.69, 9.17) is 11.5 Å². The van der Waals surface area contributed by atoms with Crippen LogP contribution in [-0.2, 0) is 38.5 Å². The second kappa shape index (κ2) is 33.9. The molecule has 4 rings (SSSR count). The van der Waals surface area contributed by atoms with Crippen molar-refractivity contribution in [3.05, 3.63) is 129 Å². The van der Waals surface area contributed by atoms with Crippen molar-refractivity contribution >= 4 is 11.4 Å². The van der Waals surface area contributed by atoms with Gasteiger partial charge in [0.15, 0.2) is 0 Å². The van der Waals surface area contributed by atoms with E-state index in [1.807, 2.05) is 0 Å². The number of benzene rings is 4. The molecule has 348 valence electrons. The zero-order valence-corrected chi connectivity index (χ0v) is 41.0. The summed E-state index contributed by atoms with van der Waals surface area (Å²) in [6, 6.07) is 32.1. The molecule has 0 saturated heterocycles. The average Bonchev–Trinajstić information content (AvgIpc) is 3.29.